The Labute approximate surface area is 134 Å². The predicted molar refractivity (Wildman–Crippen MR) is 90.4 cm³/mol. The minimum atomic E-state index is -1.45. The van der Waals surface area contributed by atoms with Crippen LogP contribution in [0.1, 0.15) is 20.9 Å². The Hall–Kier alpha value is -2.48. The van der Waals surface area contributed by atoms with Crippen LogP contribution < -0.4 is 4.57 Å². The third-order valence-electron chi connectivity index (χ3n) is 3.87. The largest absolute Gasteiger partial charge is 0.253 e. The van der Waals surface area contributed by atoms with Crippen LogP contribution in [0.4, 0.5) is 0 Å². The van der Waals surface area contributed by atoms with Gasteiger partial charge >= 0.3 is 0 Å². The molecule has 0 aliphatic carbocycles. The summed E-state index contributed by atoms with van der Waals surface area (Å²) >= 11 is 0. The molecule has 110 valence electrons. The fraction of sp³-hybridized carbons (Fsp3) is 0.200. The van der Waals surface area contributed by atoms with Crippen molar-refractivity contribution in [1.29, 1.82) is 0 Å². The summed E-state index contributed by atoms with van der Waals surface area (Å²) in [5, 5.41) is 0. The molecule has 0 aliphatic rings. The second kappa shape index (κ2) is 6.10. The van der Waals surface area contributed by atoms with Crippen molar-refractivity contribution in [3.8, 4) is 22.5 Å². The molecule has 22 heavy (non-hydrogen) atoms. The van der Waals surface area contributed by atoms with Gasteiger partial charge in [0.2, 0.25) is 5.69 Å². The van der Waals surface area contributed by atoms with E-state index in [1.807, 2.05) is 43.6 Å². The average Bonchev–Trinajstić information content (AvgIpc) is 2.55. The van der Waals surface area contributed by atoms with E-state index in [2.05, 4.69) is 34.7 Å². The van der Waals surface area contributed by atoms with Gasteiger partial charge in [0.05, 0.1) is 5.69 Å². The molecule has 2 heteroatoms. The van der Waals surface area contributed by atoms with E-state index in [0.29, 0.717) is 5.69 Å². The Morgan fingerprint density at radius 3 is 2.68 bits per heavy atom. The number of hydrogen-bond acceptors (Lipinski definition) is 1. The maximum absolute atomic E-state index is 7.87. The highest BCUT2D eigenvalue weighted by Gasteiger charge is 2.14. The van der Waals surface area contributed by atoms with Gasteiger partial charge in [-0.05, 0) is 37.1 Å². The fourth-order valence-electron chi connectivity index (χ4n) is 2.59. The van der Waals surface area contributed by atoms with Crippen molar-refractivity contribution in [2.75, 3.05) is 0 Å². The highest BCUT2D eigenvalue weighted by Crippen LogP contribution is 2.24. The number of rotatable bonds is 3. The molecule has 3 rings (SSSR count). The lowest BCUT2D eigenvalue weighted by Crippen LogP contribution is -2.30. The van der Waals surface area contributed by atoms with Crippen molar-refractivity contribution in [1.82, 2.24) is 4.98 Å². The molecule has 2 heterocycles. The lowest BCUT2D eigenvalue weighted by Gasteiger charge is -2.07. The first kappa shape index (κ1) is 12.1. The molecule has 3 aromatic rings. The van der Waals surface area contributed by atoms with Crippen molar-refractivity contribution in [3.63, 3.8) is 0 Å². The summed E-state index contributed by atoms with van der Waals surface area (Å²) in [6, 6.07) is 17.9. The minimum Gasteiger partial charge on any atom is -0.253 e. The Balaban J connectivity index is 2.12. The van der Waals surface area contributed by atoms with Crippen LogP contribution >= 0.6 is 0 Å². The Bertz CT molecular complexity index is 883. The maximum Gasteiger partial charge on any atom is 0.213 e. The lowest BCUT2D eigenvalue weighted by molar-refractivity contribution is -0.660. The van der Waals surface area contributed by atoms with Crippen LogP contribution in [0.15, 0.2) is 60.8 Å². The Morgan fingerprint density at radius 1 is 1.09 bits per heavy atom. The third-order valence-corrected chi connectivity index (χ3v) is 3.87. The summed E-state index contributed by atoms with van der Waals surface area (Å²) in [6.07, 6.45) is 0.570. The highest BCUT2D eigenvalue weighted by atomic mass is 14.9. The number of nitrogens with zero attached hydrogens (tertiary/aromatic N) is 2. The number of pyridine rings is 2. The summed E-state index contributed by atoms with van der Waals surface area (Å²) in [5.74, 6) is 0. The van der Waals surface area contributed by atoms with Gasteiger partial charge in [-0.25, -0.2) is 4.57 Å². The van der Waals surface area contributed by atoms with Crippen LogP contribution in [0.5, 0.6) is 0 Å². The molecule has 0 N–H and O–H groups in total. The number of benzene rings is 1. The molecule has 0 unspecified atom stereocenters. The SMILES string of the molecule is [2H]C([2H])(C)c1cccc(-c2cc[n+](C)c(-c3ccccc3C)c2)n1. The van der Waals surface area contributed by atoms with E-state index < -0.39 is 6.37 Å². The van der Waals surface area contributed by atoms with Gasteiger partial charge in [-0.1, -0.05) is 31.2 Å². The van der Waals surface area contributed by atoms with E-state index in [1.165, 1.54) is 18.1 Å². The third kappa shape index (κ3) is 2.77. The van der Waals surface area contributed by atoms with Gasteiger partial charge in [-0.3, -0.25) is 4.98 Å². The smallest absolute Gasteiger partial charge is 0.213 e. The maximum atomic E-state index is 7.87. The van der Waals surface area contributed by atoms with Crippen LogP contribution in [0, 0.1) is 6.92 Å². The predicted octanol–water partition coefficient (Wildman–Crippen LogP) is 4.11. The quantitative estimate of drug-likeness (QED) is 0.664. The minimum absolute atomic E-state index is 0.450. The van der Waals surface area contributed by atoms with Crippen LogP contribution in [0.2, 0.25) is 0 Å². The van der Waals surface area contributed by atoms with E-state index >= 15 is 0 Å². The molecule has 0 amide bonds. The van der Waals surface area contributed by atoms with Crippen molar-refractivity contribution >= 4 is 0 Å². The molecule has 2 aromatic heterocycles. The monoisotopic (exact) mass is 291 g/mol. The van der Waals surface area contributed by atoms with E-state index in [-0.39, 0.29) is 0 Å². The van der Waals surface area contributed by atoms with Crippen LogP contribution in [0.3, 0.4) is 0 Å². The second-order valence-electron chi connectivity index (χ2n) is 5.38. The molecule has 0 aliphatic heterocycles. The highest BCUT2D eigenvalue weighted by molar-refractivity contribution is 5.68. The van der Waals surface area contributed by atoms with Crippen molar-refractivity contribution in [3.05, 3.63) is 72.1 Å². The Kier molecular flexibility index (Phi) is 3.36. The molecular weight excluding hydrogens is 268 g/mol. The number of hydrogen-bond donors (Lipinski definition) is 0. The standard InChI is InChI=1S/C20H21N2/c1-4-17-9-7-11-19(21-17)16-12-13-22(3)20(14-16)18-10-6-5-8-15(18)2/h5-14H,4H2,1-3H3/q+1/i4D2. The molecule has 0 spiro atoms. The molecule has 0 saturated heterocycles. The van der Waals surface area contributed by atoms with Crippen LogP contribution in [0.25, 0.3) is 22.5 Å². The summed E-state index contributed by atoms with van der Waals surface area (Å²) in [5.41, 5.74) is 5.73. The van der Waals surface area contributed by atoms with Gasteiger partial charge in [0.15, 0.2) is 6.20 Å². The topological polar surface area (TPSA) is 16.8 Å². The zero-order chi connectivity index (χ0) is 17.3. The summed E-state index contributed by atoms with van der Waals surface area (Å²) in [6.45, 7) is 3.63. The summed E-state index contributed by atoms with van der Waals surface area (Å²) in [7, 11) is 2.03. The van der Waals surface area contributed by atoms with Crippen molar-refractivity contribution in [2.24, 2.45) is 7.05 Å². The molecule has 0 bridgehead atoms. The summed E-state index contributed by atoms with van der Waals surface area (Å²) < 4.78 is 17.8. The van der Waals surface area contributed by atoms with Crippen molar-refractivity contribution < 1.29 is 7.31 Å². The fourth-order valence-corrected chi connectivity index (χ4v) is 2.59. The summed E-state index contributed by atoms with van der Waals surface area (Å²) in [4.78, 5) is 4.52. The van der Waals surface area contributed by atoms with E-state index in [9.17, 15) is 0 Å². The number of aryl methyl sites for hydroxylation is 3. The molecule has 0 saturated carbocycles. The zero-order valence-corrected chi connectivity index (χ0v) is 13.2. The normalized spacial score (nSPS) is 12.7. The van der Waals surface area contributed by atoms with E-state index in [1.54, 1.807) is 6.07 Å². The first-order valence-electron chi connectivity index (χ1n) is 8.40. The Morgan fingerprint density at radius 2 is 1.91 bits per heavy atom. The first-order chi connectivity index (χ1) is 11.4. The molecule has 0 atom stereocenters. The van der Waals surface area contributed by atoms with Crippen LogP contribution in [-0.2, 0) is 13.4 Å². The van der Waals surface area contributed by atoms with Gasteiger partial charge in [0, 0.05) is 31.7 Å². The first-order valence-corrected chi connectivity index (χ1v) is 7.40. The average molecular weight is 291 g/mol. The van der Waals surface area contributed by atoms with Gasteiger partial charge < -0.3 is 0 Å². The molecule has 1 aromatic carbocycles. The van der Waals surface area contributed by atoms with Gasteiger partial charge in [-0.15, -0.1) is 0 Å². The molecule has 2 nitrogen and oxygen atoms in total. The molecule has 0 radical (unpaired) electrons. The van der Waals surface area contributed by atoms with E-state index in [4.69, 9.17) is 2.74 Å². The van der Waals surface area contributed by atoms with Gasteiger partial charge in [0.1, 0.15) is 7.05 Å². The van der Waals surface area contributed by atoms with Gasteiger partial charge in [-0.2, -0.15) is 0 Å². The van der Waals surface area contributed by atoms with Crippen LogP contribution in [-0.4, -0.2) is 4.98 Å². The van der Waals surface area contributed by atoms with Gasteiger partial charge in [0.25, 0.3) is 0 Å². The van der Waals surface area contributed by atoms with E-state index in [0.717, 1.165) is 17.0 Å². The lowest BCUT2D eigenvalue weighted by atomic mass is 10.0. The van der Waals surface area contributed by atoms with Crippen molar-refractivity contribution in [2.45, 2.75) is 20.2 Å². The number of aromatic nitrogens is 2. The molecular formula is C20H21N2+. The molecule has 0 fully saturated rings. The second-order valence-corrected chi connectivity index (χ2v) is 5.38. The zero-order valence-electron chi connectivity index (χ0n) is 15.2.